The van der Waals surface area contributed by atoms with Crippen LogP contribution < -0.4 is 18.6 Å². The van der Waals surface area contributed by atoms with Gasteiger partial charge < -0.3 is 0 Å². The van der Waals surface area contributed by atoms with Crippen LogP contribution in [0.25, 0.3) is 0 Å². The number of unbranched alkanes of at least 4 members (excludes halogenated alkanes) is 1. The predicted octanol–water partition coefficient (Wildman–Crippen LogP) is 0.873. The van der Waals surface area contributed by atoms with E-state index in [2.05, 4.69) is 34.2 Å². The molecule has 10 heteroatoms. The molecule has 2 heterocycles. The van der Waals surface area contributed by atoms with Gasteiger partial charge in [-0.1, -0.05) is 72.8 Å². The van der Waals surface area contributed by atoms with Crippen LogP contribution in [0.1, 0.15) is 35.4 Å². The summed E-state index contributed by atoms with van der Waals surface area (Å²) in [6.07, 6.45) is 5.53. The minimum absolute atomic E-state index is 0. The van der Waals surface area contributed by atoms with Crippen molar-refractivity contribution in [2.45, 2.75) is 12.8 Å². The molecule has 0 unspecified atom stereocenters. The largest absolute Gasteiger partial charge is 2.00 e. The van der Waals surface area contributed by atoms with E-state index in [1.54, 1.807) is 0 Å². The van der Waals surface area contributed by atoms with Gasteiger partial charge in [-0.15, -0.1) is 10.2 Å². The van der Waals surface area contributed by atoms with Crippen LogP contribution in [0, 0.1) is 10.2 Å². The Morgan fingerprint density at radius 2 is 0.895 bits per heavy atom. The molecule has 0 N–H and O–H groups in total. The van der Waals surface area contributed by atoms with E-state index in [-0.39, 0.29) is 17.1 Å². The van der Waals surface area contributed by atoms with Crippen LogP contribution in [0.4, 0.5) is 0 Å². The topological polar surface area (TPSA) is 143 Å². The van der Waals surface area contributed by atoms with Gasteiger partial charge >= 0.3 is 17.1 Å². The third-order valence-corrected chi connectivity index (χ3v) is 5.02. The van der Waals surface area contributed by atoms with Gasteiger partial charge in [0.15, 0.2) is 0 Å². The molecule has 8 nitrogen and oxygen atoms in total. The molecule has 0 amide bonds. The van der Waals surface area contributed by atoms with Gasteiger partial charge in [-0.2, -0.15) is 0 Å². The number of nitrogens with zero attached hydrogens (tertiary/aromatic N) is 4. The van der Waals surface area contributed by atoms with Gasteiger partial charge in [-0.3, -0.25) is 20.0 Å². The standard InChI is InChI=1S/C28H26N4.ClHO4.Cu/c1-3-13-23(14-4-1)27(25-17-7-9-19-29-25)31-21-11-12-22-32-28(24-15-5-2-6-16-24)26-18-8-10-20-30-26;2-1(3,4)5;/h1-10,13-20H,11-12,21-22H2;(H,2,3,4,5);/q;;+2/p-1. The van der Waals surface area contributed by atoms with Crippen LogP contribution >= 0.6 is 0 Å². The molecular formula is C28H26ClCuN4O4+. The van der Waals surface area contributed by atoms with Crippen molar-refractivity contribution in [2.24, 2.45) is 9.98 Å². The number of hydrogen-bond acceptors (Lipinski definition) is 8. The number of aromatic nitrogens is 2. The van der Waals surface area contributed by atoms with Gasteiger partial charge in [0.05, 0.1) is 22.8 Å². The summed E-state index contributed by atoms with van der Waals surface area (Å²) >= 11 is 0. The van der Waals surface area contributed by atoms with E-state index in [4.69, 9.17) is 28.6 Å². The first-order chi connectivity index (χ1) is 17.9. The Balaban J connectivity index is 0.000000774. The molecule has 1 radical (unpaired) electrons. The first-order valence-electron chi connectivity index (χ1n) is 11.6. The molecule has 0 aliphatic heterocycles. The van der Waals surface area contributed by atoms with Crippen molar-refractivity contribution in [2.75, 3.05) is 13.1 Å². The van der Waals surface area contributed by atoms with Crippen LogP contribution in [-0.2, 0) is 17.1 Å². The second-order valence-electron chi connectivity index (χ2n) is 7.71. The molecule has 0 spiro atoms. The van der Waals surface area contributed by atoms with E-state index < -0.39 is 10.2 Å². The monoisotopic (exact) mass is 580 g/mol. The Morgan fingerprint density at radius 3 is 1.21 bits per heavy atom. The minimum atomic E-state index is -4.94. The van der Waals surface area contributed by atoms with Crippen LogP contribution in [-0.4, -0.2) is 34.5 Å². The van der Waals surface area contributed by atoms with Gasteiger partial charge in [0.25, 0.3) is 0 Å². The Hall–Kier alpha value is -3.27. The van der Waals surface area contributed by atoms with Crippen LogP contribution in [0.15, 0.2) is 119 Å². The Morgan fingerprint density at radius 1 is 0.553 bits per heavy atom. The van der Waals surface area contributed by atoms with Crippen LogP contribution in [0.5, 0.6) is 0 Å². The zero-order chi connectivity index (χ0) is 26.3. The maximum Gasteiger partial charge on any atom is 2.00 e. The first-order valence-corrected chi connectivity index (χ1v) is 12.8. The minimum Gasteiger partial charge on any atom is -0.282 e. The van der Waals surface area contributed by atoms with Crippen molar-refractivity contribution in [3.63, 3.8) is 0 Å². The molecule has 4 rings (SSSR count). The summed E-state index contributed by atoms with van der Waals surface area (Å²) in [5.41, 5.74) is 5.86. The Kier molecular flexibility index (Phi) is 13.5. The van der Waals surface area contributed by atoms with Crippen molar-refractivity contribution in [1.29, 1.82) is 0 Å². The van der Waals surface area contributed by atoms with Gasteiger partial charge in [-0.05, 0) is 37.1 Å². The SMILES string of the molecule is [Cu+2].[O-][Cl+3]([O-])([O-])[O-].c1ccc(C(=NCCCCN=C(c2ccccc2)c2ccccn2)c2ccccn2)cc1. The van der Waals surface area contributed by atoms with E-state index in [0.717, 1.165) is 59.9 Å². The molecule has 4 aromatic rings. The van der Waals surface area contributed by atoms with Crippen molar-refractivity contribution >= 4 is 11.4 Å². The smallest absolute Gasteiger partial charge is 0.282 e. The second-order valence-corrected chi connectivity index (χ2v) is 8.46. The molecule has 0 saturated heterocycles. The Labute approximate surface area is 234 Å². The third-order valence-electron chi connectivity index (χ3n) is 5.02. The van der Waals surface area contributed by atoms with Crippen molar-refractivity contribution in [3.8, 4) is 0 Å². The average Bonchev–Trinajstić information content (AvgIpc) is 2.91. The number of rotatable bonds is 9. The van der Waals surface area contributed by atoms with E-state index in [9.17, 15) is 0 Å². The summed E-state index contributed by atoms with van der Waals surface area (Å²) in [6.45, 7) is 1.47. The van der Waals surface area contributed by atoms with Crippen molar-refractivity contribution in [1.82, 2.24) is 9.97 Å². The maximum atomic E-state index is 8.49. The van der Waals surface area contributed by atoms with Gasteiger partial charge in [-0.25, -0.2) is 18.6 Å². The van der Waals surface area contributed by atoms with Gasteiger partial charge in [0.1, 0.15) is 0 Å². The van der Waals surface area contributed by atoms with Crippen LogP contribution in [0.2, 0.25) is 0 Å². The Bertz CT molecular complexity index is 1070. The molecule has 0 bridgehead atoms. The van der Waals surface area contributed by atoms with Crippen molar-refractivity contribution < 1.29 is 45.9 Å². The molecule has 0 atom stereocenters. The fourth-order valence-electron chi connectivity index (χ4n) is 3.44. The second kappa shape index (κ2) is 16.5. The third kappa shape index (κ3) is 11.4. The number of halogens is 1. The summed E-state index contributed by atoms with van der Waals surface area (Å²) in [5, 5.41) is 0. The summed E-state index contributed by atoms with van der Waals surface area (Å²) < 4.78 is 34.0. The number of pyridine rings is 2. The molecule has 0 aliphatic rings. The maximum absolute atomic E-state index is 8.49. The van der Waals surface area contributed by atoms with E-state index in [1.807, 2.05) is 85.2 Å². The zero-order valence-electron chi connectivity index (χ0n) is 20.3. The normalized spacial score (nSPS) is 11.7. The average molecular weight is 582 g/mol. The molecule has 0 fully saturated rings. The summed E-state index contributed by atoms with van der Waals surface area (Å²) in [5.74, 6) is 0. The van der Waals surface area contributed by atoms with Crippen molar-refractivity contribution in [3.05, 3.63) is 132 Å². The number of aliphatic imine (C=N–C) groups is 2. The van der Waals surface area contributed by atoms with Gasteiger partial charge in [0, 0.05) is 36.6 Å². The van der Waals surface area contributed by atoms with E-state index in [0.29, 0.717) is 0 Å². The summed E-state index contributed by atoms with van der Waals surface area (Å²) in [7, 11) is -4.94. The predicted molar refractivity (Wildman–Crippen MR) is 132 cm³/mol. The first kappa shape index (κ1) is 31.0. The van der Waals surface area contributed by atoms with E-state index >= 15 is 0 Å². The molecule has 0 saturated carbocycles. The quantitative estimate of drug-likeness (QED) is 0.163. The van der Waals surface area contributed by atoms with Gasteiger partial charge in [0.2, 0.25) is 0 Å². The molecule has 0 aliphatic carbocycles. The molecule has 199 valence electrons. The summed E-state index contributed by atoms with van der Waals surface area (Å²) in [6, 6.07) is 32.4. The fourth-order valence-corrected chi connectivity index (χ4v) is 3.44. The van der Waals surface area contributed by atoms with Crippen LogP contribution in [0.3, 0.4) is 0 Å². The fraction of sp³-hybridized carbons (Fsp3) is 0.143. The molecular weight excluding hydrogens is 555 g/mol. The zero-order valence-corrected chi connectivity index (χ0v) is 22.0. The molecule has 2 aromatic carbocycles. The summed E-state index contributed by atoms with van der Waals surface area (Å²) in [4.78, 5) is 18.8. The number of benzene rings is 2. The molecule has 2 aromatic heterocycles. The molecule has 38 heavy (non-hydrogen) atoms. The van der Waals surface area contributed by atoms with E-state index in [1.165, 1.54) is 0 Å². The number of hydrogen-bond donors (Lipinski definition) is 0.